The van der Waals surface area contributed by atoms with Gasteiger partial charge in [0.15, 0.2) is 5.58 Å². The Morgan fingerprint density at radius 3 is 2.87 bits per heavy atom. The molecule has 3 heterocycles. The highest BCUT2D eigenvalue weighted by Gasteiger charge is 2.20. The van der Waals surface area contributed by atoms with Crippen LogP contribution in [0, 0.1) is 6.92 Å². The molecule has 1 atom stereocenters. The third-order valence-corrected chi connectivity index (χ3v) is 6.02. The fourth-order valence-corrected chi connectivity index (χ4v) is 4.47. The Hall–Kier alpha value is -3.12. The first-order valence-corrected chi connectivity index (χ1v) is 10.4. The summed E-state index contributed by atoms with van der Waals surface area (Å²) in [4.78, 5) is 17.0. The molecule has 4 aromatic rings. The zero-order valence-corrected chi connectivity index (χ0v) is 17.2. The van der Waals surface area contributed by atoms with Crippen LogP contribution in [0.4, 0.5) is 5.69 Å². The molecular formula is C24H25N3O3. The summed E-state index contributed by atoms with van der Waals surface area (Å²) in [5, 5.41) is 8.83. The summed E-state index contributed by atoms with van der Waals surface area (Å²) in [6.07, 6.45) is 4.02. The molecule has 0 spiro atoms. The number of hydrogen-bond donors (Lipinski definition) is 2. The summed E-state index contributed by atoms with van der Waals surface area (Å²) in [5.74, 6) is 0.443. The van der Waals surface area contributed by atoms with E-state index in [1.54, 1.807) is 6.07 Å². The molecule has 0 radical (unpaired) electrons. The van der Waals surface area contributed by atoms with Gasteiger partial charge in [0.25, 0.3) is 5.56 Å². The Morgan fingerprint density at radius 2 is 2.03 bits per heavy atom. The minimum absolute atomic E-state index is 0.00256. The molecule has 154 valence electrons. The maximum Gasteiger partial charge on any atom is 0.289 e. The van der Waals surface area contributed by atoms with Crippen molar-refractivity contribution in [2.24, 2.45) is 0 Å². The monoisotopic (exact) mass is 403 g/mol. The van der Waals surface area contributed by atoms with Gasteiger partial charge in [-0.3, -0.25) is 9.78 Å². The highest BCUT2D eigenvalue weighted by Crippen LogP contribution is 2.33. The van der Waals surface area contributed by atoms with E-state index >= 15 is 0 Å². The lowest BCUT2D eigenvalue weighted by molar-refractivity contribution is 0.0845. The number of H-pyrrole nitrogens is 1. The lowest BCUT2D eigenvalue weighted by Gasteiger charge is -2.23. The molecule has 1 saturated heterocycles. The van der Waals surface area contributed by atoms with Crippen LogP contribution in [0.3, 0.4) is 0 Å². The van der Waals surface area contributed by atoms with Crippen LogP contribution in [0.1, 0.15) is 48.5 Å². The van der Waals surface area contributed by atoms with Crippen LogP contribution in [0.15, 0.2) is 51.9 Å². The Kier molecular flexibility index (Phi) is 4.79. The topological polar surface area (TPSA) is 80.2 Å². The second-order valence-corrected chi connectivity index (χ2v) is 8.15. The van der Waals surface area contributed by atoms with Crippen LogP contribution in [0.5, 0.6) is 0 Å². The predicted octanol–water partition coefficient (Wildman–Crippen LogP) is 5.04. The first kappa shape index (κ1) is 18.9. The third-order valence-electron chi connectivity index (χ3n) is 6.02. The van der Waals surface area contributed by atoms with Gasteiger partial charge in [-0.15, -0.1) is 0 Å². The number of aryl methyl sites for hydroxylation is 1. The summed E-state index contributed by atoms with van der Waals surface area (Å²) in [6.45, 7) is 5.82. The van der Waals surface area contributed by atoms with Gasteiger partial charge >= 0.3 is 0 Å². The normalized spacial score (nSPS) is 16.2. The van der Waals surface area contributed by atoms with E-state index in [0.717, 1.165) is 42.8 Å². The van der Waals surface area contributed by atoms with Crippen LogP contribution in [0.25, 0.3) is 21.7 Å². The molecule has 2 aromatic carbocycles. The number of benzene rings is 2. The van der Waals surface area contributed by atoms with Crippen LogP contribution in [-0.4, -0.2) is 23.4 Å². The van der Waals surface area contributed by atoms with Gasteiger partial charge in [-0.05, 0) is 61.9 Å². The Morgan fingerprint density at radius 1 is 1.20 bits per heavy atom. The largest absolute Gasteiger partial charge is 0.381 e. The number of aromatic nitrogens is 2. The van der Waals surface area contributed by atoms with Gasteiger partial charge in [0, 0.05) is 42.5 Å². The van der Waals surface area contributed by atoms with Crippen molar-refractivity contribution in [1.82, 2.24) is 10.1 Å². The Balaban J connectivity index is 1.56. The minimum Gasteiger partial charge on any atom is -0.381 e. The number of nitrogens with zero attached hydrogens (tertiary/aromatic N) is 1. The summed E-state index contributed by atoms with van der Waals surface area (Å²) < 4.78 is 10.8. The Bertz CT molecular complexity index is 1270. The number of fused-ring (bicyclic) bond motifs is 2. The summed E-state index contributed by atoms with van der Waals surface area (Å²) in [6, 6.07) is 12.2. The maximum absolute atomic E-state index is 12.2. The van der Waals surface area contributed by atoms with E-state index in [1.807, 2.05) is 18.3 Å². The quantitative estimate of drug-likeness (QED) is 0.499. The van der Waals surface area contributed by atoms with Gasteiger partial charge < -0.3 is 14.6 Å². The SMILES string of the molecule is Cc1cc([C@@H](C)Nc2cccc3o[nH]c(=O)c23)c2cc(C3CCOCC3)ncc2c1. The average Bonchev–Trinajstić information content (AvgIpc) is 3.15. The first-order chi connectivity index (χ1) is 14.6. The van der Waals surface area contributed by atoms with E-state index < -0.39 is 0 Å². The standard InChI is InChI=1S/C24H25N3O3/c1-14-10-17-13-25-21(16-6-8-29-9-7-16)12-19(17)18(11-14)15(2)26-20-4-3-5-22-23(20)24(28)27-30-22/h3-5,10-13,15-16,26H,6-9H2,1-2H3,(H,27,28)/t15-/m1/s1. The molecule has 0 aliphatic carbocycles. The van der Waals surface area contributed by atoms with Crippen LogP contribution < -0.4 is 10.9 Å². The second kappa shape index (κ2) is 7.61. The van der Waals surface area contributed by atoms with E-state index in [9.17, 15) is 4.79 Å². The van der Waals surface area contributed by atoms with E-state index in [1.165, 1.54) is 16.5 Å². The summed E-state index contributed by atoms with van der Waals surface area (Å²) in [7, 11) is 0. The average molecular weight is 403 g/mol. The van der Waals surface area contributed by atoms with E-state index in [4.69, 9.17) is 14.2 Å². The van der Waals surface area contributed by atoms with Gasteiger partial charge in [0.05, 0.1) is 5.69 Å². The molecule has 2 aromatic heterocycles. The highest BCUT2D eigenvalue weighted by atomic mass is 16.5. The number of ether oxygens (including phenoxy) is 1. The second-order valence-electron chi connectivity index (χ2n) is 8.15. The number of hydrogen-bond acceptors (Lipinski definition) is 5. The molecule has 0 amide bonds. The van der Waals surface area contributed by atoms with Crippen molar-refractivity contribution in [2.75, 3.05) is 18.5 Å². The zero-order chi connectivity index (χ0) is 20.7. The van der Waals surface area contributed by atoms with Crippen molar-refractivity contribution < 1.29 is 9.26 Å². The van der Waals surface area contributed by atoms with Gasteiger partial charge in [0.1, 0.15) is 5.39 Å². The van der Waals surface area contributed by atoms with Crippen molar-refractivity contribution in [3.8, 4) is 0 Å². The molecule has 0 bridgehead atoms. The van der Waals surface area contributed by atoms with E-state index in [2.05, 4.69) is 42.5 Å². The number of rotatable bonds is 4. The van der Waals surface area contributed by atoms with Crippen LogP contribution in [-0.2, 0) is 4.74 Å². The van der Waals surface area contributed by atoms with Gasteiger partial charge in [-0.1, -0.05) is 17.7 Å². The molecule has 6 heteroatoms. The molecular weight excluding hydrogens is 378 g/mol. The van der Waals surface area contributed by atoms with Crippen molar-refractivity contribution in [3.63, 3.8) is 0 Å². The summed E-state index contributed by atoms with van der Waals surface area (Å²) >= 11 is 0. The van der Waals surface area contributed by atoms with Crippen molar-refractivity contribution in [2.45, 2.75) is 38.6 Å². The maximum atomic E-state index is 12.2. The van der Waals surface area contributed by atoms with E-state index in [0.29, 0.717) is 16.9 Å². The van der Waals surface area contributed by atoms with Gasteiger partial charge in [-0.25, -0.2) is 0 Å². The van der Waals surface area contributed by atoms with Crippen LogP contribution in [0.2, 0.25) is 0 Å². The first-order valence-electron chi connectivity index (χ1n) is 10.4. The number of aromatic amines is 1. The predicted molar refractivity (Wildman–Crippen MR) is 118 cm³/mol. The van der Waals surface area contributed by atoms with Crippen molar-refractivity contribution >= 4 is 27.4 Å². The molecule has 0 unspecified atom stereocenters. The smallest absolute Gasteiger partial charge is 0.289 e. The molecule has 1 aliphatic rings. The van der Waals surface area contributed by atoms with Crippen molar-refractivity contribution in [3.05, 3.63) is 69.8 Å². The van der Waals surface area contributed by atoms with Gasteiger partial charge in [0.2, 0.25) is 0 Å². The molecule has 6 nitrogen and oxygen atoms in total. The molecule has 5 rings (SSSR count). The molecule has 1 aliphatic heterocycles. The highest BCUT2D eigenvalue weighted by molar-refractivity contribution is 5.91. The zero-order valence-electron chi connectivity index (χ0n) is 17.2. The Labute approximate surface area is 174 Å². The number of anilines is 1. The lowest BCUT2D eigenvalue weighted by Crippen LogP contribution is -2.15. The summed E-state index contributed by atoms with van der Waals surface area (Å²) in [5.41, 5.74) is 4.61. The lowest BCUT2D eigenvalue weighted by atomic mass is 9.92. The minimum atomic E-state index is -0.222. The molecule has 1 fully saturated rings. The number of pyridine rings is 1. The van der Waals surface area contributed by atoms with E-state index in [-0.39, 0.29) is 11.6 Å². The third kappa shape index (κ3) is 3.37. The molecule has 2 N–H and O–H groups in total. The number of nitrogens with one attached hydrogen (secondary N) is 2. The van der Waals surface area contributed by atoms with Crippen molar-refractivity contribution in [1.29, 1.82) is 0 Å². The molecule has 30 heavy (non-hydrogen) atoms. The van der Waals surface area contributed by atoms with Crippen LogP contribution >= 0.6 is 0 Å². The fraction of sp³-hybridized carbons (Fsp3) is 0.333. The van der Waals surface area contributed by atoms with Gasteiger partial charge in [-0.2, -0.15) is 5.16 Å². The molecule has 0 saturated carbocycles. The fourth-order valence-electron chi connectivity index (χ4n) is 4.47.